The van der Waals surface area contributed by atoms with Crippen molar-refractivity contribution in [1.29, 1.82) is 0 Å². The molecule has 0 aliphatic rings. The average Bonchev–Trinajstić information content (AvgIpc) is 3.19. The summed E-state index contributed by atoms with van der Waals surface area (Å²) in [5, 5.41) is 9.48. The van der Waals surface area contributed by atoms with Crippen molar-refractivity contribution in [2.24, 2.45) is 0 Å². The number of nitrogens with zero attached hydrogens (tertiary/aromatic N) is 1. The molecule has 1 unspecified atom stereocenters. The summed E-state index contributed by atoms with van der Waals surface area (Å²) in [7, 11) is 1.09. The van der Waals surface area contributed by atoms with Gasteiger partial charge in [-0.15, -0.1) is 0 Å². The van der Waals surface area contributed by atoms with E-state index in [1.807, 2.05) is 52.4 Å². The number of quaternary nitrogens is 1. The van der Waals surface area contributed by atoms with Crippen LogP contribution in [-0.2, 0) is 32.7 Å². The number of rotatable bonds is 39. The molecule has 0 bridgehead atoms. The highest BCUT2D eigenvalue weighted by molar-refractivity contribution is 7.45. The molecule has 0 saturated carbocycles. The molecular formula is C48H82NO9P. The van der Waals surface area contributed by atoms with E-state index in [2.05, 4.69) is 61.6 Å². The summed E-state index contributed by atoms with van der Waals surface area (Å²) in [5.41, 5.74) is 0. The molecule has 0 fully saturated rings. The first-order valence-corrected chi connectivity index (χ1v) is 23.9. The van der Waals surface area contributed by atoms with Crippen molar-refractivity contribution >= 4 is 19.8 Å². The lowest BCUT2D eigenvalue weighted by Gasteiger charge is -2.28. The van der Waals surface area contributed by atoms with Gasteiger partial charge in [0.15, 0.2) is 6.10 Å². The van der Waals surface area contributed by atoms with Crippen molar-refractivity contribution in [3.05, 3.63) is 85.1 Å². The van der Waals surface area contributed by atoms with Crippen molar-refractivity contribution < 1.29 is 47.2 Å². The van der Waals surface area contributed by atoms with Crippen LogP contribution in [0.5, 0.6) is 0 Å². The Morgan fingerprint density at radius 3 is 1.71 bits per heavy atom. The highest BCUT2D eigenvalue weighted by Gasteiger charge is 2.21. The van der Waals surface area contributed by atoms with Gasteiger partial charge in [0.05, 0.1) is 33.9 Å². The van der Waals surface area contributed by atoms with Crippen LogP contribution < -0.4 is 4.89 Å². The van der Waals surface area contributed by atoms with Crippen LogP contribution >= 0.6 is 7.82 Å². The lowest BCUT2D eigenvalue weighted by atomic mass is 10.1. The molecule has 0 heterocycles. The molecule has 338 valence electrons. The molecule has 0 aliphatic carbocycles. The van der Waals surface area contributed by atoms with Crippen LogP contribution in [0.1, 0.15) is 149 Å². The fraction of sp³-hybridized carbons (Fsp3) is 0.667. The van der Waals surface area contributed by atoms with Crippen LogP contribution in [0.15, 0.2) is 85.1 Å². The van der Waals surface area contributed by atoms with Gasteiger partial charge in [0, 0.05) is 12.8 Å². The van der Waals surface area contributed by atoms with Crippen LogP contribution in [0.25, 0.3) is 0 Å². The van der Waals surface area contributed by atoms with E-state index in [1.165, 1.54) is 44.9 Å². The number of phosphoric acid groups is 1. The summed E-state index contributed by atoms with van der Waals surface area (Å²) in [6.45, 7) is 3.76. The minimum atomic E-state index is -4.65. The Hall–Kier alpha value is -2.85. The van der Waals surface area contributed by atoms with Crippen molar-refractivity contribution in [1.82, 2.24) is 0 Å². The monoisotopic (exact) mass is 848 g/mol. The first-order valence-electron chi connectivity index (χ1n) is 22.4. The maximum Gasteiger partial charge on any atom is 0.306 e. The van der Waals surface area contributed by atoms with Gasteiger partial charge in [-0.2, -0.15) is 0 Å². The van der Waals surface area contributed by atoms with Crippen molar-refractivity contribution in [2.75, 3.05) is 47.5 Å². The summed E-state index contributed by atoms with van der Waals surface area (Å²) in [6.07, 6.45) is 47.1. The molecule has 3 atom stereocenters. The van der Waals surface area contributed by atoms with Crippen LogP contribution in [0, 0.1) is 0 Å². The van der Waals surface area contributed by atoms with Crippen molar-refractivity contribution in [3.63, 3.8) is 0 Å². The predicted octanol–water partition coefficient (Wildman–Crippen LogP) is 11.1. The highest BCUT2D eigenvalue weighted by Crippen LogP contribution is 2.38. The summed E-state index contributed by atoms with van der Waals surface area (Å²) in [6, 6.07) is 0. The van der Waals surface area contributed by atoms with Gasteiger partial charge in [-0.3, -0.25) is 14.2 Å². The zero-order chi connectivity index (χ0) is 43.7. The molecule has 0 rings (SSSR count). The van der Waals surface area contributed by atoms with E-state index in [0.29, 0.717) is 36.7 Å². The third-order valence-electron chi connectivity index (χ3n) is 9.06. The van der Waals surface area contributed by atoms with Crippen LogP contribution in [0.4, 0.5) is 0 Å². The maximum absolute atomic E-state index is 12.7. The van der Waals surface area contributed by atoms with Gasteiger partial charge >= 0.3 is 11.9 Å². The second-order valence-electron chi connectivity index (χ2n) is 15.9. The van der Waals surface area contributed by atoms with E-state index in [0.717, 1.165) is 51.4 Å². The lowest BCUT2D eigenvalue weighted by Crippen LogP contribution is -2.37. The van der Waals surface area contributed by atoms with Gasteiger partial charge < -0.3 is 33.0 Å². The number of hydrogen-bond donors (Lipinski definition) is 1. The Bertz CT molecular complexity index is 1300. The van der Waals surface area contributed by atoms with Crippen LogP contribution in [-0.4, -0.2) is 81.2 Å². The number of likely N-dealkylation sites (N-methyl/N-ethyl adjacent to an activating group) is 1. The third-order valence-corrected chi connectivity index (χ3v) is 10.0. The van der Waals surface area contributed by atoms with Gasteiger partial charge in [0.25, 0.3) is 7.82 Å². The van der Waals surface area contributed by atoms with Gasteiger partial charge in [0.1, 0.15) is 19.8 Å². The Labute approximate surface area is 359 Å². The third kappa shape index (κ3) is 43.1. The van der Waals surface area contributed by atoms with E-state index in [4.69, 9.17) is 18.5 Å². The van der Waals surface area contributed by atoms with E-state index in [1.54, 1.807) is 6.08 Å². The van der Waals surface area contributed by atoms with E-state index in [9.17, 15) is 24.2 Å². The van der Waals surface area contributed by atoms with E-state index < -0.39 is 32.5 Å². The van der Waals surface area contributed by atoms with Crippen LogP contribution in [0.3, 0.4) is 0 Å². The molecule has 0 aromatic rings. The smallest absolute Gasteiger partial charge is 0.306 e. The maximum atomic E-state index is 12.7. The Kier molecular flexibility index (Phi) is 37.4. The van der Waals surface area contributed by atoms with Gasteiger partial charge in [-0.1, -0.05) is 144 Å². The molecule has 0 amide bonds. The number of carbonyl (C=O) groups is 2. The normalized spacial score (nSPS) is 14.9. The number of carbonyl (C=O) groups excluding carboxylic acids is 2. The molecule has 0 aromatic carbocycles. The first kappa shape index (κ1) is 56.1. The molecule has 0 spiro atoms. The van der Waals surface area contributed by atoms with Gasteiger partial charge in [-0.25, -0.2) is 0 Å². The number of esters is 2. The van der Waals surface area contributed by atoms with Gasteiger partial charge in [0.2, 0.25) is 0 Å². The number of unbranched alkanes of at least 4 members (excludes halogenated alkanes) is 11. The van der Waals surface area contributed by atoms with Crippen LogP contribution in [0.2, 0.25) is 0 Å². The minimum absolute atomic E-state index is 0.0519. The molecule has 11 heteroatoms. The topological polar surface area (TPSA) is 131 Å². The number of aliphatic hydroxyl groups excluding tert-OH is 1. The number of phosphoric ester groups is 1. The SMILES string of the molecule is CCCCC/C=C\C/C=C\CCCCCCCCCC(=O)O[C@H](COC(=O)CCC/C=C\C/C=C\C/C=C\C/C=C\C=C\[C@@H](O)CC)COP(=O)([O-])OCC[N+](C)(C)C. The molecule has 59 heavy (non-hydrogen) atoms. The predicted molar refractivity (Wildman–Crippen MR) is 242 cm³/mol. The zero-order valence-electron chi connectivity index (χ0n) is 37.5. The minimum Gasteiger partial charge on any atom is -0.756 e. The second-order valence-corrected chi connectivity index (χ2v) is 17.3. The second kappa shape index (κ2) is 39.3. The number of allylic oxidation sites excluding steroid dienone is 13. The summed E-state index contributed by atoms with van der Waals surface area (Å²) in [5.74, 6) is -0.939. The Morgan fingerprint density at radius 2 is 1.14 bits per heavy atom. The number of hydrogen-bond acceptors (Lipinski definition) is 9. The average molecular weight is 848 g/mol. The lowest BCUT2D eigenvalue weighted by molar-refractivity contribution is -0.870. The summed E-state index contributed by atoms with van der Waals surface area (Å²) >= 11 is 0. The largest absolute Gasteiger partial charge is 0.756 e. The van der Waals surface area contributed by atoms with E-state index >= 15 is 0 Å². The summed E-state index contributed by atoms with van der Waals surface area (Å²) in [4.78, 5) is 37.5. The number of aliphatic hydroxyl groups is 1. The number of ether oxygens (including phenoxy) is 2. The zero-order valence-corrected chi connectivity index (χ0v) is 38.4. The first-order chi connectivity index (χ1) is 28.4. The fourth-order valence-electron chi connectivity index (χ4n) is 5.38. The highest BCUT2D eigenvalue weighted by atomic mass is 31.2. The molecule has 0 aliphatic heterocycles. The van der Waals surface area contributed by atoms with Gasteiger partial charge in [-0.05, 0) is 77.0 Å². The quantitative estimate of drug-likeness (QED) is 0.0160. The molecule has 0 radical (unpaired) electrons. The van der Waals surface area contributed by atoms with E-state index in [-0.39, 0.29) is 32.2 Å². The molecular weight excluding hydrogens is 766 g/mol. The molecule has 1 N–H and O–H groups in total. The Morgan fingerprint density at radius 1 is 0.627 bits per heavy atom. The van der Waals surface area contributed by atoms with Crippen molar-refractivity contribution in [2.45, 2.75) is 161 Å². The Balaban J connectivity index is 4.49. The van der Waals surface area contributed by atoms with Crippen molar-refractivity contribution in [3.8, 4) is 0 Å². The molecule has 0 aromatic heterocycles. The summed E-state index contributed by atoms with van der Waals surface area (Å²) < 4.78 is 33.8. The molecule has 10 nitrogen and oxygen atoms in total. The fourth-order valence-corrected chi connectivity index (χ4v) is 6.10. The standard InChI is InChI=1S/C48H82NO9P/c1-6-8-9-10-11-12-13-14-15-16-17-22-25-28-31-34-37-40-48(52)58-46(44-57-59(53,54)56-42-41-49(3,4)5)43-55-47(51)39-36-33-30-27-24-21-19-18-20-23-26-29-32-35-38-45(50)7-2/h11-12,14-15,19-21,23,27,29-30,32,35,38,45-46,50H,6-10,13,16-18,22,24-26,28,31,33-34,36-37,39-44H2,1-5H3/b12-11-,15-14-,21-19-,23-20-,30-27-,32-29-,38-35+/t45-,46+/m0/s1. The molecule has 0 saturated heterocycles.